The van der Waals surface area contributed by atoms with Crippen molar-refractivity contribution in [3.63, 3.8) is 0 Å². The van der Waals surface area contributed by atoms with Crippen molar-refractivity contribution in [3.8, 4) is 17.1 Å². The van der Waals surface area contributed by atoms with Crippen LogP contribution in [-0.4, -0.2) is 33.2 Å². The van der Waals surface area contributed by atoms with E-state index in [1.165, 1.54) is 0 Å². The summed E-state index contributed by atoms with van der Waals surface area (Å²) >= 11 is 0. The van der Waals surface area contributed by atoms with Crippen LogP contribution in [0.15, 0.2) is 59.7 Å². The number of benzene rings is 2. The van der Waals surface area contributed by atoms with Gasteiger partial charge in [-0.25, -0.2) is 0 Å². The van der Waals surface area contributed by atoms with Gasteiger partial charge in [0.15, 0.2) is 11.7 Å². The zero-order valence-corrected chi connectivity index (χ0v) is 13.1. The number of ether oxygens (including phenoxy) is 1. The van der Waals surface area contributed by atoms with Gasteiger partial charge in [-0.15, -0.1) is 5.10 Å². The van der Waals surface area contributed by atoms with Crippen molar-refractivity contribution in [2.24, 2.45) is 5.10 Å². The molecule has 3 aromatic rings. The Bertz CT molecular complexity index is 856. The first-order valence-corrected chi connectivity index (χ1v) is 7.65. The Kier molecular flexibility index (Phi) is 3.66. The molecule has 0 saturated heterocycles. The maximum absolute atomic E-state index is 5.20. The van der Waals surface area contributed by atoms with E-state index < -0.39 is 0 Å². The first kappa shape index (κ1) is 14.4. The number of methoxy groups -OCH3 is 1. The zero-order valence-electron chi connectivity index (χ0n) is 13.1. The van der Waals surface area contributed by atoms with Crippen LogP contribution in [0, 0.1) is 0 Å². The third-order valence-electron chi connectivity index (χ3n) is 4.00. The van der Waals surface area contributed by atoms with E-state index in [-0.39, 0.29) is 6.04 Å². The van der Waals surface area contributed by atoms with Gasteiger partial charge in [0.25, 0.3) is 0 Å². The van der Waals surface area contributed by atoms with Crippen LogP contribution in [0.5, 0.6) is 5.75 Å². The van der Waals surface area contributed by atoms with Gasteiger partial charge in [0, 0.05) is 12.0 Å². The summed E-state index contributed by atoms with van der Waals surface area (Å²) in [6, 6.07) is 17.9. The Labute approximate surface area is 139 Å². The average Bonchev–Trinajstić information content (AvgIpc) is 3.32. The Hall–Kier alpha value is -3.22. The SMILES string of the molecule is COc1ccc(C2CC(n3nnnc3-c3ccccc3)=NN2)cc1. The molecule has 0 spiro atoms. The Morgan fingerprint density at radius 1 is 1.08 bits per heavy atom. The second-order valence-electron chi connectivity index (χ2n) is 5.47. The number of nitrogens with zero attached hydrogens (tertiary/aromatic N) is 5. The van der Waals surface area contributed by atoms with Gasteiger partial charge in [-0.1, -0.05) is 42.5 Å². The Morgan fingerprint density at radius 3 is 2.62 bits per heavy atom. The monoisotopic (exact) mass is 320 g/mol. The Balaban J connectivity index is 1.56. The molecule has 2 aromatic carbocycles. The van der Waals surface area contributed by atoms with Crippen LogP contribution in [0.3, 0.4) is 0 Å². The molecule has 0 fully saturated rings. The molecule has 7 nitrogen and oxygen atoms in total. The minimum absolute atomic E-state index is 0.0960. The van der Waals surface area contributed by atoms with Crippen LogP contribution < -0.4 is 10.2 Å². The lowest BCUT2D eigenvalue weighted by atomic mass is 10.0. The van der Waals surface area contributed by atoms with E-state index in [0.717, 1.165) is 22.7 Å². The summed E-state index contributed by atoms with van der Waals surface area (Å²) in [4.78, 5) is 0. The molecule has 0 aliphatic carbocycles. The molecule has 120 valence electrons. The number of tetrazole rings is 1. The van der Waals surface area contributed by atoms with E-state index in [1.807, 2.05) is 54.6 Å². The van der Waals surface area contributed by atoms with E-state index in [4.69, 9.17) is 4.74 Å². The number of hydrazone groups is 1. The summed E-state index contributed by atoms with van der Waals surface area (Å²) in [5.41, 5.74) is 5.26. The molecule has 1 aliphatic rings. The smallest absolute Gasteiger partial charge is 0.188 e. The van der Waals surface area contributed by atoms with Gasteiger partial charge in [0.1, 0.15) is 5.75 Å². The molecule has 1 aromatic heterocycles. The highest BCUT2D eigenvalue weighted by atomic mass is 16.5. The van der Waals surface area contributed by atoms with E-state index in [2.05, 4.69) is 26.1 Å². The summed E-state index contributed by atoms with van der Waals surface area (Å²) in [6.45, 7) is 0. The fourth-order valence-corrected chi connectivity index (χ4v) is 2.72. The van der Waals surface area contributed by atoms with Gasteiger partial charge in [0.05, 0.1) is 13.2 Å². The maximum atomic E-state index is 5.20. The minimum Gasteiger partial charge on any atom is -0.497 e. The maximum Gasteiger partial charge on any atom is 0.188 e. The standard InChI is InChI=1S/C17H16N6O/c1-24-14-9-7-12(8-10-14)15-11-16(19-18-15)23-17(20-21-22-23)13-5-3-2-4-6-13/h2-10,15,18H,11H2,1H3. The molecule has 0 radical (unpaired) electrons. The molecule has 0 saturated carbocycles. The largest absolute Gasteiger partial charge is 0.497 e. The van der Waals surface area contributed by atoms with Crippen molar-refractivity contribution in [1.82, 2.24) is 25.6 Å². The topological polar surface area (TPSA) is 77.2 Å². The van der Waals surface area contributed by atoms with Crippen molar-refractivity contribution >= 4 is 5.84 Å². The van der Waals surface area contributed by atoms with E-state index in [0.29, 0.717) is 12.2 Å². The van der Waals surface area contributed by atoms with Crippen LogP contribution in [0.1, 0.15) is 18.0 Å². The van der Waals surface area contributed by atoms with E-state index >= 15 is 0 Å². The molecule has 2 heterocycles. The summed E-state index contributed by atoms with van der Waals surface area (Å²) in [6.07, 6.45) is 0.706. The van der Waals surface area contributed by atoms with Crippen molar-refractivity contribution in [3.05, 3.63) is 60.2 Å². The van der Waals surface area contributed by atoms with Crippen LogP contribution in [0.4, 0.5) is 0 Å². The van der Waals surface area contributed by atoms with Gasteiger partial charge in [0.2, 0.25) is 0 Å². The van der Waals surface area contributed by atoms with Crippen molar-refractivity contribution in [1.29, 1.82) is 0 Å². The van der Waals surface area contributed by atoms with E-state index in [9.17, 15) is 0 Å². The predicted molar refractivity (Wildman–Crippen MR) is 89.6 cm³/mol. The summed E-state index contributed by atoms with van der Waals surface area (Å²) < 4.78 is 6.88. The molecule has 1 aliphatic heterocycles. The van der Waals surface area contributed by atoms with Crippen molar-refractivity contribution in [2.45, 2.75) is 12.5 Å². The third kappa shape index (κ3) is 2.60. The van der Waals surface area contributed by atoms with Gasteiger partial charge >= 0.3 is 0 Å². The average molecular weight is 320 g/mol. The Morgan fingerprint density at radius 2 is 1.88 bits per heavy atom. The van der Waals surface area contributed by atoms with Gasteiger partial charge < -0.3 is 10.2 Å². The molecule has 1 N–H and O–H groups in total. The first-order valence-electron chi connectivity index (χ1n) is 7.65. The summed E-state index contributed by atoms with van der Waals surface area (Å²) in [5.74, 6) is 2.32. The molecule has 4 rings (SSSR count). The molecule has 1 atom stereocenters. The lowest BCUT2D eigenvalue weighted by molar-refractivity contribution is 0.414. The predicted octanol–water partition coefficient (Wildman–Crippen LogP) is 2.24. The molecule has 1 unspecified atom stereocenters. The molecule has 0 amide bonds. The summed E-state index contributed by atoms with van der Waals surface area (Å²) in [5, 5.41) is 16.4. The molecular formula is C17H16N6O. The molecule has 7 heteroatoms. The van der Waals surface area contributed by atoms with E-state index in [1.54, 1.807) is 11.8 Å². The fraction of sp³-hybridized carbons (Fsp3) is 0.176. The number of nitrogens with one attached hydrogen (secondary N) is 1. The molecular weight excluding hydrogens is 304 g/mol. The van der Waals surface area contributed by atoms with Gasteiger partial charge in [-0.05, 0) is 28.1 Å². The highest BCUT2D eigenvalue weighted by Gasteiger charge is 2.24. The second kappa shape index (κ2) is 6.11. The lowest BCUT2D eigenvalue weighted by Gasteiger charge is -2.10. The fourth-order valence-electron chi connectivity index (χ4n) is 2.72. The zero-order chi connectivity index (χ0) is 16.4. The highest BCUT2D eigenvalue weighted by molar-refractivity contribution is 5.88. The van der Waals surface area contributed by atoms with Crippen LogP contribution in [0.25, 0.3) is 11.4 Å². The quantitative estimate of drug-likeness (QED) is 0.801. The number of hydrogen-bond donors (Lipinski definition) is 1. The highest BCUT2D eigenvalue weighted by Crippen LogP contribution is 2.25. The van der Waals surface area contributed by atoms with Crippen molar-refractivity contribution < 1.29 is 4.74 Å². The number of aromatic nitrogens is 4. The molecule has 0 bridgehead atoms. The van der Waals surface area contributed by atoms with Crippen LogP contribution >= 0.6 is 0 Å². The summed E-state index contributed by atoms with van der Waals surface area (Å²) in [7, 11) is 1.66. The third-order valence-corrected chi connectivity index (χ3v) is 4.00. The van der Waals surface area contributed by atoms with Gasteiger partial charge in [-0.2, -0.15) is 9.78 Å². The minimum atomic E-state index is 0.0960. The van der Waals surface area contributed by atoms with Crippen LogP contribution in [-0.2, 0) is 0 Å². The second-order valence-corrected chi connectivity index (χ2v) is 5.47. The molecule has 24 heavy (non-hydrogen) atoms. The van der Waals surface area contributed by atoms with Gasteiger partial charge in [-0.3, -0.25) is 0 Å². The van der Waals surface area contributed by atoms with Crippen molar-refractivity contribution in [2.75, 3.05) is 7.11 Å². The first-order chi connectivity index (χ1) is 11.8. The van der Waals surface area contributed by atoms with Crippen LogP contribution in [0.2, 0.25) is 0 Å². The normalized spacial score (nSPS) is 16.5. The lowest BCUT2D eigenvalue weighted by Crippen LogP contribution is -2.14. The number of rotatable bonds is 3. The number of hydrogen-bond acceptors (Lipinski definition) is 6.